The van der Waals surface area contributed by atoms with Gasteiger partial charge in [-0.05, 0) is 26.2 Å². The lowest BCUT2D eigenvalue weighted by Crippen LogP contribution is -2.46. The van der Waals surface area contributed by atoms with E-state index in [1.807, 2.05) is 27.7 Å². The van der Waals surface area contributed by atoms with Gasteiger partial charge in [0, 0.05) is 12.6 Å². The molecule has 0 unspecified atom stereocenters. The van der Waals surface area contributed by atoms with Crippen molar-refractivity contribution < 1.29 is 4.79 Å². The minimum atomic E-state index is -0.318. The van der Waals surface area contributed by atoms with Crippen LogP contribution in [0.1, 0.15) is 34.1 Å². The summed E-state index contributed by atoms with van der Waals surface area (Å²) in [7, 11) is 7.61. The van der Waals surface area contributed by atoms with Crippen molar-refractivity contribution >= 4 is 13.8 Å². The number of hydrogen-bond donors (Lipinski definition) is 0. The van der Waals surface area contributed by atoms with Gasteiger partial charge in [0.25, 0.3) is 5.91 Å². The smallest absolute Gasteiger partial charge is 0.298 e. The number of carbonyl (C=O) groups is 1. The molecule has 0 spiro atoms. The predicted molar refractivity (Wildman–Crippen MR) is 60.1 cm³/mol. The Hall–Kier alpha value is -0.905. The summed E-state index contributed by atoms with van der Waals surface area (Å²) in [4.78, 5) is 12.9. The minimum Gasteiger partial charge on any atom is -0.330 e. The van der Waals surface area contributed by atoms with Gasteiger partial charge < -0.3 is 4.90 Å². The van der Waals surface area contributed by atoms with Gasteiger partial charge in [-0.15, -0.1) is 6.42 Å². The fraction of sp³-hybridized carbons (Fsp3) is 0.727. The summed E-state index contributed by atoms with van der Waals surface area (Å²) in [5.41, 5.74) is -0.318. The highest BCUT2D eigenvalue weighted by atomic mass is 16.2. The molecule has 0 fully saturated rings. The Balaban J connectivity index is 4.64. The first kappa shape index (κ1) is 13.1. The summed E-state index contributed by atoms with van der Waals surface area (Å²) < 4.78 is 0. The van der Waals surface area contributed by atoms with E-state index in [9.17, 15) is 4.79 Å². The molecular formula is C11H18BNO. The largest absolute Gasteiger partial charge is 0.330 e. The van der Waals surface area contributed by atoms with E-state index >= 15 is 0 Å². The standard InChI is InChI=1S/C11H18BNO/c1-7-9(14)13(6)11(4,5)8-10(2,3)12/h1H,8H2,2-6H3. The Morgan fingerprint density at radius 3 is 2.14 bits per heavy atom. The molecule has 2 radical (unpaired) electrons. The van der Waals surface area contributed by atoms with Crippen LogP contribution in [-0.4, -0.2) is 31.2 Å². The molecule has 0 aromatic rings. The van der Waals surface area contributed by atoms with Gasteiger partial charge in [-0.1, -0.05) is 19.2 Å². The van der Waals surface area contributed by atoms with Gasteiger partial charge >= 0.3 is 0 Å². The summed E-state index contributed by atoms with van der Waals surface area (Å²) in [6, 6.07) is 0. The van der Waals surface area contributed by atoms with E-state index in [1.54, 1.807) is 11.9 Å². The Bertz CT molecular complexity index is 257. The molecule has 3 heteroatoms. The van der Waals surface area contributed by atoms with Gasteiger partial charge in [0.15, 0.2) is 0 Å². The topological polar surface area (TPSA) is 20.3 Å². The van der Waals surface area contributed by atoms with Crippen molar-refractivity contribution in [3.8, 4) is 12.3 Å². The third kappa shape index (κ3) is 3.87. The number of carbonyl (C=O) groups excluding carboxylic acids is 1. The zero-order chi connectivity index (χ0) is 11.6. The number of hydrogen-bond acceptors (Lipinski definition) is 1. The Morgan fingerprint density at radius 2 is 1.86 bits per heavy atom. The second kappa shape index (κ2) is 4.08. The van der Waals surface area contributed by atoms with E-state index in [1.165, 1.54) is 0 Å². The van der Waals surface area contributed by atoms with Crippen LogP contribution < -0.4 is 0 Å². The van der Waals surface area contributed by atoms with Crippen LogP contribution in [0, 0.1) is 12.3 Å². The number of rotatable bonds is 3. The van der Waals surface area contributed by atoms with E-state index in [4.69, 9.17) is 14.3 Å². The first-order chi connectivity index (χ1) is 6.10. The van der Waals surface area contributed by atoms with Gasteiger partial charge in [-0.3, -0.25) is 4.79 Å². The van der Waals surface area contributed by atoms with Crippen molar-refractivity contribution in [1.82, 2.24) is 4.90 Å². The molecular weight excluding hydrogens is 173 g/mol. The van der Waals surface area contributed by atoms with E-state index in [-0.39, 0.29) is 16.8 Å². The van der Waals surface area contributed by atoms with Crippen molar-refractivity contribution in [2.24, 2.45) is 0 Å². The maximum atomic E-state index is 11.3. The van der Waals surface area contributed by atoms with Crippen LogP contribution in [0.15, 0.2) is 0 Å². The van der Waals surface area contributed by atoms with E-state index in [0.717, 1.165) is 0 Å². The van der Waals surface area contributed by atoms with Gasteiger partial charge in [-0.2, -0.15) is 0 Å². The second-order valence-corrected chi connectivity index (χ2v) is 4.99. The minimum absolute atomic E-state index is 0.306. The van der Waals surface area contributed by atoms with Crippen LogP contribution in [0.2, 0.25) is 5.31 Å². The second-order valence-electron chi connectivity index (χ2n) is 4.99. The highest BCUT2D eigenvalue weighted by molar-refractivity contribution is 6.14. The third-order valence-corrected chi connectivity index (χ3v) is 2.22. The maximum Gasteiger partial charge on any atom is 0.298 e. The van der Waals surface area contributed by atoms with Crippen molar-refractivity contribution in [3.05, 3.63) is 0 Å². The molecule has 0 aromatic heterocycles. The lowest BCUT2D eigenvalue weighted by Gasteiger charge is -2.39. The molecule has 1 amide bonds. The molecule has 14 heavy (non-hydrogen) atoms. The van der Waals surface area contributed by atoms with Gasteiger partial charge in [0.05, 0.1) is 7.85 Å². The number of terminal acetylenes is 1. The summed E-state index contributed by atoms with van der Waals surface area (Å²) in [6.07, 6.45) is 5.76. The first-order valence-electron chi connectivity index (χ1n) is 4.63. The van der Waals surface area contributed by atoms with E-state index < -0.39 is 0 Å². The first-order valence-corrected chi connectivity index (χ1v) is 4.63. The lowest BCUT2D eigenvalue weighted by molar-refractivity contribution is -0.128. The van der Waals surface area contributed by atoms with Crippen LogP contribution in [0.25, 0.3) is 0 Å². The summed E-state index contributed by atoms with van der Waals surface area (Å²) >= 11 is 0. The lowest BCUT2D eigenvalue weighted by atomic mass is 9.65. The van der Waals surface area contributed by atoms with Crippen LogP contribution in [-0.2, 0) is 4.79 Å². The molecule has 0 saturated carbocycles. The summed E-state index contributed by atoms with van der Waals surface area (Å²) in [5.74, 6) is 1.80. The fourth-order valence-electron chi connectivity index (χ4n) is 1.61. The average molecular weight is 191 g/mol. The van der Waals surface area contributed by atoms with E-state index in [2.05, 4.69) is 5.92 Å². The Morgan fingerprint density at radius 1 is 1.43 bits per heavy atom. The zero-order valence-electron chi connectivity index (χ0n) is 9.72. The van der Waals surface area contributed by atoms with Crippen LogP contribution >= 0.6 is 0 Å². The Kier molecular flexibility index (Phi) is 3.82. The van der Waals surface area contributed by atoms with Crippen molar-refractivity contribution in [3.63, 3.8) is 0 Å². The van der Waals surface area contributed by atoms with Crippen LogP contribution in [0.5, 0.6) is 0 Å². The highest BCUT2D eigenvalue weighted by Crippen LogP contribution is 2.33. The van der Waals surface area contributed by atoms with Gasteiger partial charge in [0.1, 0.15) is 0 Å². The SMILES string of the molecule is [B]C(C)(C)CC(C)(C)N(C)C(=O)C#C. The molecule has 0 aliphatic heterocycles. The summed E-state index contributed by atoms with van der Waals surface area (Å²) in [6.45, 7) is 7.78. The molecule has 76 valence electrons. The van der Waals surface area contributed by atoms with Crippen molar-refractivity contribution in [2.45, 2.75) is 45.0 Å². The molecule has 0 N–H and O–H groups in total. The molecule has 0 aliphatic carbocycles. The predicted octanol–water partition coefficient (Wildman–Crippen LogP) is 1.61. The molecule has 0 atom stereocenters. The van der Waals surface area contributed by atoms with Crippen LogP contribution in [0.3, 0.4) is 0 Å². The normalized spacial score (nSPS) is 12.0. The quantitative estimate of drug-likeness (QED) is 0.490. The molecule has 0 bridgehead atoms. The van der Waals surface area contributed by atoms with Gasteiger partial charge in [-0.25, -0.2) is 0 Å². The van der Waals surface area contributed by atoms with E-state index in [0.29, 0.717) is 6.42 Å². The molecule has 0 aliphatic rings. The maximum absolute atomic E-state index is 11.3. The van der Waals surface area contributed by atoms with Crippen LogP contribution in [0.4, 0.5) is 0 Å². The zero-order valence-corrected chi connectivity index (χ0v) is 9.72. The number of nitrogens with zero attached hydrogens (tertiary/aromatic N) is 1. The third-order valence-electron chi connectivity index (χ3n) is 2.22. The molecule has 2 nitrogen and oxygen atoms in total. The highest BCUT2D eigenvalue weighted by Gasteiger charge is 2.31. The monoisotopic (exact) mass is 191 g/mol. The number of amides is 1. The van der Waals surface area contributed by atoms with Crippen molar-refractivity contribution in [2.75, 3.05) is 7.05 Å². The fourth-order valence-corrected chi connectivity index (χ4v) is 1.61. The summed E-state index contributed by atoms with van der Waals surface area (Å²) in [5, 5.41) is -0.313. The molecule has 0 aromatic carbocycles. The Labute approximate surface area is 88.5 Å². The van der Waals surface area contributed by atoms with Gasteiger partial charge in [0.2, 0.25) is 0 Å². The molecule has 0 saturated heterocycles. The van der Waals surface area contributed by atoms with Crippen molar-refractivity contribution in [1.29, 1.82) is 0 Å². The average Bonchev–Trinajstić information content (AvgIpc) is 1.97. The molecule has 0 heterocycles. The molecule has 0 rings (SSSR count).